The molecule has 1 N–H and O–H groups in total. The molecular weight excluding hydrogens is 290 g/mol. The largest absolute Gasteiger partial charge is 0.466 e. The van der Waals surface area contributed by atoms with Crippen molar-refractivity contribution in [2.75, 3.05) is 13.2 Å². The van der Waals surface area contributed by atoms with Gasteiger partial charge in [0.15, 0.2) is 0 Å². The van der Waals surface area contributed by atoms with Crippen LogP contribution in [0.3, 0.4) is 0 Å². The van der Waals surface area contributed by atoms with Crippen LogP contribution in [0, 0.1) is 5.92 Å². The van der Waals surface area contributed by atoms with Crippen molar-refractivity contribution in [2.45, 2.75) is 20.4 Å². The molecule has 0 bridgehead atoms. The number of ether oxygens (including phenoxy) is 1. The molecule has 90 valence electrons. The molecule has 0 aromatic carbocycles. The maximum absolute atomic E-state index is 11.3. The number of nitrogens with one attached hydrogen (secondary N) is 1. The molecule has 0 aliphatic heterocycles. The Balaban J connectivity index is 2.25. The number of hydrogen-bond donors (Lipinski definition) is 1. The molecule has 1 aromatic rings. The van der Waals surface area contributed by atoms with Crippen LogP contribution in [-0.4, -0.2) is 19.1 Å². The van der Waals surface area contributed by atoms with E-state index in [0.717, 1.165) is 11.0 Å². The predicted octanol–water partition coefficient (Wildman–Crippen LogP) is 2.80. The minimum absolute atomic E-state index is 0.0984. The van der Waals surface area contributed by atoms with Crippen molar-refractivity contribution >= 4 is 33.2 Å². The minimum Gasteiger partial charge on any atom is -0.466 e. The van der Waals surface area contributed by atoms with Gasteiger partial charge in [-0.15, -0.1) is 11.3 Å². The van der Waals surface area contributed by atoms with E-state index < -0.39 is 0 Å². The zero-order valence-electron chi connectivity index (χ0n) is 9.46. The van der Waals surface area contributed by atoms with Crippen molar-refractivity contribution in [1.82, 2.24) is 5.32 Å². The fourth-order valence-electron chi connectivity index (χ4n) is 1.22. The van der Waals surface area contributed by atoms with Crippen molar-refractivity contribution in [3.63, 3.8) is 0 Å². The molecule has 0 fully saturated rings. The summed E-state index contributed by atoms with van der Waals surface area (Å²) in [5, 5.41) is 5.28. The van der Waals surface area contributed by atoms with Crippen molar-refractivity contribution in [2.24, 2.45) is 5.92 Å². The van der Waals surface area contributed by atoms with Gasteiger partial charge in [0, 0.05) is 22.4 Å². The molecule has 0 saturated carbocycles. The summed E-state index contributed by atoms with van der Waals surface area (Å²) in [4.78, 5) is 12.6. The summed E-state index contributed by atoms with van der Waals surface area (Å²) in [6, 6.07) is 2.02. The van der Waals surface area contributed by atoms with Gasteiger partial charge in [-0.1, -0.05) is 6.92 Å². The van der Waals surface area contributed by atoms with Crippen LogP contribution in [0.15, 0.2) is 15.9 Å². The molecule has 1 aromatic heterocycles. The van der Waals surface area contributed by atoms with Crippen LogP contribution in [0.1, 0.15) is 18.7 Å². The second kappa shape index (κ2) is 7.04. The van der Waals surface area contributed by atoms with Gasteiger partial charge in [-0.25, -0.2) is 0 Å². The Kier molecular flexibility index (Phi) is 6.01. The third-order valence-electron chi connectivity index (χ3n) is 2.12. The lowest BCUT2D eigenvalue weighted by molar-refractivity contribution is -0.147. The molecule has 3 nitrogen and oxygen atoms in total. The smallest absolute Gasteiger partial charge is 0.309 e. The van der Waals surface area contributed by atoms with E-state index in [1.54, 1.807) is 11.3 Å². The normalized spacial score (nSPS) is 12.4. The molecule has 0 saturated heterocycles. The van der Waals surface area contributed by atoms with Gasteiger partial charge < -0.3 is 10.1 Å². The van der Waals surface area contributed by atoms with Gasteiger partial charge in [-0.3, -0.25) is 4.79 Å². The van der Waals surface area contributed by atoms with Crippen LogP contribution in [0.25, 0.3) is 0 Å². The van der Waals surface area contributed by atoms with Gasteiger partial charge in [0.2, 0.25) is 0 Å². The summed E-state index contributed by atoms with van der Waals surface area (Å²) >= 11 is 5.16. The van der Waals surface area contributed by atoms with Gasteiger partial charge >= 0.3 is 5.97 Å². The van der Waals surface area contributed by atoms with Gasteiger partial charge in [0.05, 0.1) is 12.5 Å². The summed E-state index contributed by atoms with van der Waals surface area (Å²) in [6.45, 7) is 5.56. The molecule has 5 heteroatoms. The maximum atomic E-state index is 11.3. The number of hydrogen-bond acceptors (Lipinski definition) is 4. The van der Waals surface area contributed by atoms with Gasteiger partial charge in [0.25, 0.3) is 0 Å². The average Bonchev–Trinajstić information content (AvgIpc) is 2.65. The van der Waals surface area contributed by atoms with Crippen LogP contribution < -0.4 is 5.32 Å². The molecule has 1 unspecified atom stereocenters. The molecule has 1 atom stereocenters. The van der Waals surface area contributed by atoms with Crippen molar-refractivity contribution in [3.8, 4) is 0 Å². The highest BCUT2D eigenvalue weighted by Gasteiger charge is 2.13. The Morgan fingerprint density at radius 1 is 1.69 bits per heavy atom. The molecule has 1 heterocycles. The number of rotatable bonds is 6. The van der Waals surface area contributed by atoms with E-state index >= 15 is 0 Å². The van der Waals surface area contributed by atoms with E-state index in [0.29, 0.717) is 13.2 Å². The molecule has 0 aliphatic rings. The highest BCUT2D eigenvalue weighted by molar-refractivity contribution is 9.10. The number of esters is 1. The van der Waals surface area contributed by atoms with Crippen LogP contribution in [0.5, 0.6) is 0 Å². The first-order valence-electron chi connectivity index (χ1n) is 5.24. The summed E-state index contributed by atoms with van der Waals surface area (Å²) in [5.74, 6) is -0.237. The van der Waals surface area contributed by atoms with Crippen LogP contribution in [-0.2, 0) is 16.1 Å². The predicted molar refractivity (Wildman–Crippen MR) is 69.5 cm³/mol. The zero-order valence-corrected chi connectivity index (χ0v) is 11.9. The van der Waals surface area contributed by atoms with Crippen molar-refractivity contribution in [3.05, 3.63) is 20.8 Å². The van der Waals surface area contributed by atoms with Gasteiger partial charge in [-0.2, -0.15) is 0 Å². The van der Waals surface area contributed by atoms with E-state index in [-0.39, 0.29) is 11.9 Å². The lowest BCUT2D eigenvalue weighted by Crippen LogP contribution is -2.27. The molecule has 16 heavy (non-hydrogen) atoms. The molecule has 0 amide bonds. The van der Waals surface area contributed by atoms with Gasteiger partial charge in [0.1, 0.15) is 0 Å². The molecule has 0 radical (unpaired) electrons. The Bertz CT molecular complexity index is 340. The van der Waals surface area contributed by atoms with Crippen molar-refractivity contribution < 1.29 is 9.53 Å². The van der Waals surface area contributed by atoms with Crippen LogP contribution in [0.4, 0.5) is 0 Å². The van der Waals surface area contributed by atoms with Crippen LogP contribution in [0.2, 0.25) is 0 Å². The fraction of sp³-hybridized carbons (Fsp3) is 0.545. The first-order chi connectivity index (χ1) is 7.65. The summed E-state index contributed by atoms with van der Waals surface area (Å²) in [6.07, 6.45) is 0. The SMILES string of the molecule is CCOC(=O)C(C)CNCc1sccc1Br. The number of thiophene rings is 1. The highest BCUT2D eigenvalue weighted by Crippen LogP contribution is 2.22. The first-order valence-corrected chi connectivity index (χ1v) is 6.91. The molecule has 1 rings (SSSR count). The molecule has 0 spiro atoms. The van der Waals surface area contributed by atoms with E-state index in [2.05, 4.69) is 21.2 Å². The fourth-order valence-corrected chi connectivity index (χ4v) is 2.68. The number of carbonyl (C=O) groups excluding carboxylic acids is 1. The zero-order chi connectivity index (χ0) is 12.0. The second-order valence-electron chi connectivity index (χ2n) is 3.48. The average molecular weight is 306 g/mol. The Morgan fingerprint density at radius 3 is 3.00 bits per heavy atom. The second-order valence-corrected chi connectivity index (χ2v) is 5.33. The standard InChI is InChI=1S/C11H16BrNO2S/c1-3-15-11(14)8(2)6-13-7-10-9(12)4-5-16-10/h4-5,8,13H,3,6-7H2,1-2H3. The van der Waals surface area contributed by atoms with Crippen molar-refractivity contribution in [1.29, 1.82) is 0 Å². The Labute approximate surface area is 108 Å². The highest BCUT2D eigenvalue weighted by atomic mass is 79.9. The molecular formula is C11H16BrNO2S. The van der Waals surface area contributed by atoms with E-state index in [4.69, 9.17) is 4.74 Å². The summed E-state index contributed by atoms with van der Waals surface area (Å²) in [5.41, 5.74) is 0. The molecule has 0 aliphatic carbocycles. The Morgan fingerprint density at radius 2 is 2.44 bits per heavy atom. The van der Waals surface area contributed by atoms with Gasteiger partial charge in [-0.05, 0) is 34.3 Å². The monoisotopic (exact) mass is 305 g/mol. The number of halogens is 1. The minimum atomic E-state index is -0.139. The first kappa shape index (κ1) is 13.7. The third-order valence-corrected chi connectivity index (χ3v) is 4.04. The summed E-state index contributed by atoms with van der Waals surface area (Å²) < 4.78 is 6.05. The Hall–Kier alpha value is -0.390. The van der Waals surface area contributed by atoms with E-state index in [1.165, 1.54) is 4.88 Å². The maximum Gasteiger partial charge on any atom is 0.309 e. The number of carbonyl (C=O) groups is 1. The van der Waals surface area contributed by atoms with E-state index in [9.17, 15) is 4.79 Å². The lowest BCUT2D eigenvalue weighted by Gasteiger charge is -2.11. The lowest BCUT2D eigenvalue weighted by atomic mass is 10.2. The van der Waals surface area contributed by atoms with E-state index in [1.807, 2.05) is 25.3 Å². The quantitative estimate of drug-likeness (QED) is 0.821. The topological polar surface area (TPSA) is 38.3 Å². The third kappa shape index (κ3) is 4.23. The summed E-state index contributed by atoms with van der Waals surface area (Å²) in [7, 11) is 0. The van der Waals surface area contributed by atoms with Crippen LogP contribution >= 0.6 is 27.3 Å².